The molecule has 1 fully saturated rings. The van der Waals surface area contributed by atoms with Crippen molar-refractivity contribution in [2.75, 3.05) is 23.3 Å². The van der Waals surface area contributed by atoms with E-state index in [4.69, 9.17) is 0 Å². The van der Waals surface area contributed by atoms with E-state index in [1.54, 1.807) is 5.51 Å². The molecule has 0 saturated carbocycles. The number of nitrogens with zero attached hydrogens (tertiary/aromatic N) is 2. The number of hydrogen-bond donors (Lipinski definition) is 1. The van der Waals surface area contributed by atoms with Gasteiger partial charge in [0.15, 0.2) is 0 Å². The van der Waals surface area contributed by atoms with Crippen molar-refractivity contribution in [2.45, 2.75) is 19.8 Å². The lowest BCUT2D eigenvalue weighted by atomic mass is 10.2. The molecule has 4 nitrogen and oxygen atoms in total. The second-order valence-corrected chi connectivity index (χ2v) is 5.82. The molecular weight excluding hydrogens is 270 g/mol. The third-order valence-electron chi connectivity index (χ3n) is 3.55. The van der Waals surface area contributed by atoms with Crippen LogP contribution in [0.25, 0.3) is 0 Å². The molecule has 0 bridgehead atoms. The summed E-state index contributed by atoms with van der Waals surface area (Å²) in [4.78, 5) is 19.2. The fraction of sp³-hybridized carbons (Fsp3) is 0.333. The molecule has 1 aliphatic rings. The summed E-state index contributed by atoms with van der Waals surface area (Å²) >= 11 is 1.37. The molecule has 1 N–H and O–H groups in total. The van der Waals surface area contributed by atoms with Crippen molar-refractivity contribution in [3.05, 3.63) is 40.3 Å². The number of aromatic nitrogens is 1. The molecule has 0 unspecified atom stereocenters. The van der Waals surface area contributed by atoms with Crippen LogP contribution >= 0.6 is 11.3 Å². The minimum Gasteiger partial charge on any atom is -0.372 e. The van der Waals surface area contributed by atoms with Gasteiger partial charge in [-0.2, -0.15) is 0 Å². The van der Waals surface area contributed by atoms with Crippen LogP contribution in [-0.2, 0) is 0 Å². The molecule has 104 valence electrons. The number of anilines is 2. The number of benzene rings is 1. The van der Waals surface area contributed by atoms with Gasteiger partial charge in [0.1, 0.15) is 4.88 Å². The highest BCUT2D eigenvalue weighted by atomic mass is 32.1. The van der Waals surface area contributed by atoms with E-state index < -0.39 is 0 Å². The van der Waals surface area contributed by atoms with Gasteiger partial charge in [-0.15, -0.1) is 11.3 Å². The van der Waals surface area contributed by atoms with Gasteiger partial charge in [-0.3, -0.25) is 4.79 Å². The summed E-state index contributed by atoms with van der Waals surface area (Å²) in [6.07, 6.45) is 2.53. The van der Waals surface area contributed by atoms with Crippen LogP contribution in [0, 0.1) is 6.92 Å². The summed E-state index contributed by atoms with van der Waals surface area (Å²) in [5.74, 6) is -0.0843. The zero-order valence-corrected chi connectivity index (χ0v) is 12.2. The number of hydrogen-bond acceptors (Lipinski definition) is 4. The van der Waals surface area contributed by atoms with E-state index in [-0.39, 0.29) is 5.91 Å². The van der Waals surface area contributed by atoms with Crippen LogP contribution in [0.2, 0.25) is 0 Å². The maximum atomic E-state index is 12.1. The predicted molar refractivity (Wildman–Crippen MR) is 82.7 cm³/mol. The highest BCUT2D eigenvalue weighted by molar-refractivity contribution is 7.12. The Balaban J connectivity index is 1.69. The van der Waals surface area contributed by atoms with E-state index in [0.29, 0.717) is 4.88 Å². The van der Waals surface area contributed by atoms with Crippen LogP contribution in [0.3, 0.4) is 0 Å². The molecule has 20 heavy (non-hydrogen) atoms. The highest BCUT2D eigenvalue weighted by Crippen LogP contribution is 2.22. The van der Waals surface area contributed by atoms with Crippen molar-refractivity contribution in [1.29, 1.82) is 0 Å². The van der Waals surface area contributed by atoms with Gasteiger partial charge in [0.25, 0.3) is 5.91 Å². The standard InChI is InChI=1S/C15H17N3OS/c1-11-14(20-10-16-11)15(19)17-12-4-6-13(7-5-12)18-8-2-3-9-18/h4-7,10H,2-3,8-9H2,1H3,(H,17,19). The summed E-state index contributed by atoms with van der Waals surface area (Å²) < 4.78 is 0. The van der Waals surface area contributed by atoms with Gasteiger partial charge < -0.3 is 10.2 Å². The van der Waals surface area contributed by atoms with Gasteiger partial charge in [-0.25, -0.2) is 4.98 Å². The van der Waals surface area contributed by atoms with Gasteiger partial charge in [-0.1, -0.05) is 0 Å². The first kappa shape index (κ1) is 13.1. The monoisotopic (exact) mass is 287 g/mol. The van der Waals surface area contributed by atoms with E-state index in [1.165, 1.54) is 29.9 Å². The number of carbonyl (C=O) groups is 1. The predicted octanol–water partition coefficient (Wildman–Crippen LogP) is 3.30. The smallest absolute Gasteiger partial charge is 0.267 e. The lowest BCUT2D eigenvalue weighted by Gasteiger charge is -2.17. The van der Waals surface area contributed by atoms with Gasteiger partial charge in [0.2, 0.25) is 0 Å². The fourth-order valence-electron chi connectivity index (χ4n) is 2.44. The van der Waals surface area contributed by atoms with Crippen molar-refractivity contribution in [2.24, 2.45) is 0 Å². The minimum atomic E-state index is -0.0843. The zero-order chi connectivity index (χ0) is 13.9. The average molecular weight is 287 g/mol. The topological polar surface area (TPSA) is 45.2 Å². The lowest BCUT2D eigenvalue weighted by Crippen LogP contribution is -2.17. The number of aryl methyl sites for hydroxylation is 1. The maximum absolute atomic E-state index is 12.1. The first-order chi connectivity index (χ1) is 9.74. The van der Waals surface area contributed by atoms with Crippen LogP contribution in [0.5, 0.6) is 0 Å². The van der Waals surface area contributed by atoms with Crippen LogP contribution in [0.1, 0.15) is 28.2 Å². The second-order valence-electron chi connectivity index (χ2n) is 4.96. The molecule has 2 aromatic rings. The van der Waals surface area contributed by atoms with Crippen LogP contribution in [0.4, 0.5) is 11.4 Å². The Kier molecular flexibility index (Phi) is 3.69. The van der Waals surface area contributed by atoms with Gasteiger partial charge in [0, 0.05) is 24.5 Å². The first-order valence-corrected chi connectivity index (χ1v) is 7.68. The molecule has 1 aromatic heterocycles. The van der Waals surface area contributed by atoms with Crippen LogP contribution in [0.15, 0.2) is 29.8 Å². The SMILES string of the molecule is Cc1ncsc1C(=O)Nc1ccc(N2CCCC2)cc1. The van der Waals surface area contributed by atoms with Crippen LogP contribution in [-0.4, -0.2) is 24.0 Å². The molecule has 1 amide bonds. The molecule has 5 heteroatoms. The second kappa shape index (κ2) is 5.63. The summed E-state index contributed by atoms with van der Waals surface area (Å²) in [7, 11) is 0. The molecule has 1 aromatic carbocycles. The Hall–Kier alpha value is -1.88. The summed E-state index contributed by atoms with van der Waals surface area (Å²) in [5.41, 5.74) is 4.53. The Bertz CT molecular complexity index is 600. The van der Waals surface area contributed by atoms with E-state index in [2.05, 4.69) is 27.3 Å². The Morgan fingerprint density at radius 2 is 1.95 bits per heavy atom. The van der Waals surface area contributed by atoms with E-state index in [9.17, 15) is 4.79 Å². The summed E-state index contributed by atoms with van der Waals surface area (Å²) in [6.45, 7) is 4.11. The molecule has 0 radical (unpaired) electrons. The molecular formula is C15H17N3OS. The molecule has 3 rings (SSSR count). The molecule has 0 spiro atoms. The normalized spacial score (nSPS) is 14.6. The quantitative estimate of drug-likeness (QED) is 0.942. The van der Waals surface area contributed by atoms with Gasteiger partial charge in [0.05, 0.1) is 11.2 Å². The zero-order valence-electron chi connectivity index (χ0n) is 11.4. The van der Waals surface area contributed by atoms with Crippen molar-refractivity contribution >= 4 is 28.6 Å². The van der Waals surface area contributed by atoms with Gasteiger partial charge in [-0.05, 0) is 44.0 Å². The lowest BCUT2D eigenvalue weighted by molar-refractivity contribution is 0.103. The molecule has 1 saturated heterocycles. The average Bonchev–Trinajstić information content (AvgIpc) is 3.10. The first-order valence-electron chi connectivity index (χ1n) is 6.80. The molecule has 0 atom stereocenters. The third kappa shape index (κ3) is 2.67. The Labute approximate surface area is 122 Å². The number of rotatable bonds is 3. The van der Waals surface area contributed by atoms with Crippen molar-refractivity contribution in [3.63, 3.8) is 0 Å². The molecule has 2 heterocycles. The third-order valence-corrected chi connectivity index (χ3v) is 4.48. The largest absolute Gasteiger partial charge is 0.372 e. The van der Waals surface area contributed by atoms with Crippen molar-refractivity contribution in [3.8, 4) is 0 Å². The van der Waals surface area contributed by atoms with E-state index in [0.717, 1.165) is 24.5 Å². The number of carbonyl (C=O) groups excluding carboxylic acids is 1. The van der Waals surface area contributed by atoms with Crippen molar-refractivity contribution in [1.82, 2.24) is 4.98 Å². The van der Waals surface area contributed by atoms with Crippen LogP contribution < -0.4 is 10.2 Å². The number of amides is 1. The highest BCUT2D eigenvalue weighted by Gasteiger charge is 2.14. The summed E-state index contributed by atoms with van der Waals surface area (Å²) in [6, 6.07) is 8.06. The van der Waals surface area contributed by atoms with Gasteiger partial charge >= 0.3 is 0 Å². The Morgan fingerprint density at radius 1 is 1.25 bits per heavy atom. The van der Waals surface area contributed by atoms with E-state index in [1.807, 2.05) is 19.1 Å². The minimum absolute atomic E-state index is 0.0843. The molecule has 0 aliphatic carbocycles. The number of thiazole rings is 1. The van der Waals surface area contributed by atoms with E-state index >= 15 is 0 Å². The van der Waals surface area contributed by atoms with Crippen molar-refractivity contribution < 1.29 is 4.79 Å². The summed E-state index contributed by atoms with van der Waals surface area (Å²) in [5, 5.41) is 2.92. The molecule has 1 aliphatic heterocycles. The maximum Gasteiger partial charge on any atom is 0.267 e. The fourth-order valence-corrected chi connectivity index (χ4v) is 3.14. The number of nitrogens with one attached hydrogen (secondary N) is 1. The Morgan fingerprint density at radius 3 is 2.55 bits per heavy atom.